The summed E-state index contributed by atoms with van der Waals surface area (Å²) >= 11 is 0. The second-order valence-corrected chi connectivity index (χ2v) is 5.10. The molecule has 2 rings (SSSR count). The molecule has 1 aliphatic rings. The summed E-state index contributed by atoms with van der Waals surface area (Å²) in [6, 6.07) is 0.567. The molecular weight excluding hydrogens is 224 g/mol. The summed E-state index contributed by atoms with van der Waals surface area (Å²) in [6.07, 6.45) is 5.81. The lowest BCUT2D eigenvalue weighted by Crippen LogP contribution is -2.38. The van der Waals surface area contributed by atoms with Gasteiger partial charge < -0.3 is 10.2 Å². The van der Waals surface area contributed by atoms with Gasteiger partial charge in [-0.05, 0) is 39.7 Å². The predicted molar refractivity (Wildman–Crippen MR) is 74.8 cm³/mol. The van der Waals surface area contributed by atoms with Gasteiger partial charge in [0.15, 0.2) is 0 Å². The number of rotatable bonds is 4. The van der Waals surface area contributed by atoms with Crippen LogP contribution in [-0.4, -0.2) is 29.1 Å². The highest BCUT2D eigenvalue weighted by molar-refractivity contribution is 5.34. The maximum atomic E-state index is 4.67. The molecule has 0 radical (unpaired) electrons. The van der Waals surface area contributed by atoms with Gasteiger partial charge in [0.1, 0.15) is 0 Å². The van der Waals surface area contributed by atoms with Gasteiger partial charge in [-0.15, -0.1) is 0 Å². The Balaban J connectivity index is 2.12. The number of aryl methyl sites for hydroxylation is 1. The molecule has 100 valence electrons. The Morgan fingerprint density at radius 2 is 2.28 bits per heavy atom. The highest BCUT2D eigenvalue weighted by atomic mass is 15.3. The number of hydrogen-bond acceptors (Lipinski definition) is 4. The SMILES string of the molecule is CCNCc1cnc(N2CCCCC2C)nc1C. The second kappa shape index (κ2) is 6.14. The van der Waals surface area contributed by atoms with Gasteiger partial charge in [0, 0.05) is 36.6 Å². The van der Waals surface area contributed by atoms with Crippen LogP contribution in [0.3, 0.4) is 0 Å². The topological polar surface area (TPSA) is 41.1 Å². The van der Waals surface area contributed by atoms with Crippen LogP contribution in [0.15, 0.2) is 6.20 Å². The third-order valence-corrected chi connectivity index (χ3v) is 3.69. The van der Waals surface area contributed by atoms with Gasteiger partial charge >= 0.3 is 0 Å². The van der Waals surface area contributed by atoms with Crippen molar-refractivity contribution in [2.45, 2.75) is 52.6 Å². The monoisotopic (exact) mass is 248 g/mol. The van der Waals surface area contributed by atoms with E-state index in [2.05, 4.69) is 41.0 Å². The molecule has 18 heavy (non-hydrogen) atoms. The van der Waals surface area contributed by atoms with Gasteiger partial charge in [-0.2, -0.15) is 0 Å². The molecule has 0 amide bonds. The first kappa shape index (κ1) is 13.3. The summed E-state index contributed by atoms with van der Waals surface area (Å²) in [5.41, 5.74) is 2.30. The van der Waals surface area contributed by atoms with Crippen molar-refractivity contribution in [2.75, 3.05) is 18.0 Å². The van der Waals surface area contributed by atoms with Crippen molar-refractivity contribution in [3.05, 3.63) is 17.5 Å². The number of nitrogens with zero attached hydrogens (tertiary/aromatic N) is 3. The summed E-state index contributed by atoms with van der Waals surface area (Å²) in [4.78, 5) is 11.6. The van der Waals surface area contributed by atoms with Gasteiger partial charge in [0.2, 0.25) is 5.95 Å². The molecule has 0 aromatic carbocycles. The molecule has 4 heteroatoms. The highest BCUT2D eigenvalue weighted by Crippen LogP contribution is 2.21. The zero-order valence-electron chi connectivity index (χ0n) is 11.7. The van der Waals surface area contributed by atoms with E-state index in [4.69, 9.17) is 0 Å². The van der Waals surface area contributed by atoms with Crippen LogP contribution < -0.4 is 10.2 Å². The Hall–Kier alpha value is -1.16. The van der Waals surface area contributed by atoms with E-state index in [1.165, 1.54) is 24.8 Å². The van der Waals surface area contributed by atoms with Crippen LogP contribution in [0.5, 0.6) is 0 Å². The first-order valence-electron chi connectivity index (χ1n) is 7.02. The molecule has 1 unspecified atom stereocenters. The van der Waals surface area contributed by atoms with Crippen molar-refractivity contribution in [1.29, 1.82) is 0 Å². The first-order valence-corrected chi connectivity index (χ1v) is 7.02. The highest BCUT2D eigenvalue weighted by Gasteiger charge is 2.20. The molecule has 0 bridgehead atoms. The molecule has 0 spiro atoms. The molecule has 0 saturated carbocycles. The van der Waals surface area contributed by atoms with E-state index in [0.29, 0.717) is 6.04 Å². The fourth-order valence-electron chi connectivity index (χ4n) is 2.45. The molecule has 1 aliphatic heterocycles. The van der Waals surface area contributed by atoms with Crippen molar-refractivity contribution >= 4 is 5.95 Å². The van der Waals surface area contributed by atoms with Crippen LogP contribution in [0.1, 0.15) is 44.4 Å². The largest absolute Gasteiger partial charge is 0.338 e. The quantitative estimate of drug-likeness (QED) is 0.887. The Kier molecular flexibility index (Phi) is 4.53. The minimum absolute atomic E-state index is 0.567. The standard InChI is InChI=1S/C14H24N4/c1-4-15-9-13-10-16-14(17-12(13)3)18-8-6-5-7-11(18)2/h10-11,15H,4-9H2,1-3H3. The number of piperidine rings is 1. The molecular formula is C14H24N4. The van der Waals surface area contributed by atoms with Crippen LogP contribution in [0.4, 0.5) is 5.95 Å². The molecule has 1 saturated heterocycles. The van der Waals surface area contributed by atoms with E-state index in [9.17, 15) is 0 Å². The summed E-state index contributed by atoms with van der Waals surface area (Å²) in [7, 11) is 0. The Morgan fingerprint density at radius 3 is 2.94 bits per heavy atom. The Labute approximate surface area is 110 Å². The van der Waals surface area contributed by atoms with Crippen LogP contribution in [-0.2, 0) is 6.54 Å². The first-order chi connectivity index (χ1) is 8.72. The normalized spacial score (nSPS) is 20.2. The Morgan fingerprint density at radius 1 is 1.44 bits per heavy atom. The van der Waals surface area contributed by atoms with E-state index >= 15 is 0 Å². The maximum Gasteiger partial charge on any atom is 0.225 e. The van der Waals surface area contributed by atoms with Crippen LogP contribution in [0, 0.1) is 6.92 Å². The Bertz CT molecular complexity index is 391. The zero-order chi connectivity index (χ0) is 13.0. The lowest BCUT2D eigenvalue weighted by molar-refractivity contribution is 0.476. The maximum absolute atomic E-state index is 4.67. The fraction of sp³-hybridized carbons (Fsp3) is 0.714. The third-order valence-electron chi connectivity index (χ3n) is 3.69. The molecule has 1 N–H and O–H groups in total. The lowest BCUT2D eigenvalue weighted by atomic mass is 10.0. The van der Waals surface area contributed by atoms with Gasteiger partial charge in [-0.25, -0.2) is 9.97 Å². The average Bonchev–Trinajstić information content (AvgIpc) is 2.38. The summed E-state index contributed by atoms with van der Waals surface area (Å²) in [5, 5.41) is 3.32. The molecule has 0 aliphatic carbocycles. The zero-order valence-corrected chi connectivity index (χ0v) is 11.7. The minimum Gasteiger partial charge on any atom is -0.338 e. The van der Waals surface area contributed by atoms with E-state index in [0.717, 1.165) is 31.3 Å². The van der Waals surface area contributed by atoms with Crippen LogP contribution >= 0.6 is 0 Å². The third kappa shape index (κ3) is 2.99. The van der Waals surface area contributed by atoms with Gasteiger partial charge in [0.25, 0.3) is 0 Å². The molecule has 1 aromatic heterocycles. The average molecular weight is 248 g/mol. The van der Waals surface area contributed by atoms with Crippen molar-refractivity contribution < 1.29 is 0 Å². The van der Waals surface area contributed by atoms with Crippen molar-refractivity contribution in [1.82, 2.24) is 15.3 Å². The van der Waals surface area contributed by atoms with Crippen molar-refractivity contribution in [3.8, 4) is 0 Å². The van der Waals surface area contributed by atoms with Gasteiger partial charge in [-0.1, -0.05) is 6.92 Å². The van der Waals surface area contributed by atoms with E-state index in [1.807, 2.05) is 6.20 Å². The smallest absolute Gasteiger partial charge is 0.225 e. The van der Waals surface area contributed by atoms with Gasteiger partial charge in [-0.3, -0.25) is 0 Å². The minimum atomic E-state index is 0.567. The van der Waals surface area contributed by atoms with E-state index < -0.39 is 0 Å². The lowest BCUT2D eigenvalue weighted by Gasteiger charge is -2.33. The van der Waals surface area contributed by atoms with Crippen molar-refractivity contribution in [2.24, 2.45) is 0 Å². The molecule has 1 aromatic rings. The number of anilines is 1. The predicted octanol–water partition coefficient (Wildman–Crippen LogP) is 2.27. The van der Waals surface area contributed by atoms with E-state index in [-0.39, 0.29) is 0 Å². The van der Waals surface area contributed by atoms with E-state index in [1.54, 1.807) is 0 Å². The molecule has 2 heterocycles. The summed E-state index contributed by atoms with van der Waals surface area (Å²) in [5.74, 6) is 0.903. The number of aromatic nitrogens is 2. The molecule has 4 nitrogen and oxygen atoms in total. The fourth-order valence-corrected chi connectivity index (χ4v) is 2.45. The molecule has 1 atom stereocenters. The second-order valence-electron chi connectivity index (χ2n) is 5.10. The van der Waals surface area contributed by atoms with Crippen molar-refractivity contribution in [3.63, 3.8) is 0 Å². The summed E-state index contributed by atoms with van der Waals surface area (Å²) in [6.45, 7) is 9.38. The van der Waals surface area contributed by atoms with Crippen LogP contribution in [0.25, 0.3) is 0 Å². The number of nitrogens with one attached hydrogen (secondary N) is 1. The molecule has 1 fully saturated rings. The van der Waals surface area contributed by atoms with Crippen LogP contribution in [0.2, 0.25) is 0 Å². The van der Waals surface area contributed by atoms with Gasteiger partial charge in [0.05, 0.1) is 0 Å². The number of hydrogen-bond donors (Lipinski definition) is 1. The summed E-state index contributed by atoms with van der Waals surface area (Å²) < 4.78 is 0.